The summed E-state index contributed by atoms with van der Waals surface area (Å²) in [5, 5.41) is 0. The number of carbonyl (C=O) groups excluding carboxylic acids is 1. The summed E-state index contributed by atoms with van der Waals surface area (Å²) in [4.78, 5) is 11.9. The molecule has 0 radical (unpaired) electrons. The van der Waals surface area contributed by atoms with Gasteiger partial charge in [0.25, 0.3) is 0 Å². The molecule has 5 nitrogen and oxygen atoms in total. The van der Waals surface area contributed by atoms with E-state index in [0.717, 1.165) is 22.3 Å². The number of benzene rings is 2. The molecule has 126 valence electrons. The van der Waals surface area contributed by atoms with E-state index in [1.807, 2.05) is 48.5 Å². The predicted octanol–water partition coefficient (Wildman–Crippen LogP) is 2.24. The topological polar surface area (TPSA) is 86.5 Å². The molecule has 0 heterocycles. The highest BCUT2D eigenvalue weighted by molar-refractivity contribution is 8.13. The first kappa shape index (κ1) is 17.0. The first-order valence-corrected chi connectivity index (χ1v) is 9.87. The van der Waals surface area contributed by atoms with E-state index in [1.54, 1.807) is 0 Å². The van der Waals surface area contributed by atoms with Crippen LogP contribution < -0.4 is 5.73 Å². The number of fused-ring (bicyclic) bond motifs is 3. The van der Waals surface area contributed by atoms with Crippen LogP contribution in [0.2, 0.25) is 0 Å². The lowest BCUT2D eigenvalue weighted by molar-refractivity contribution is -0.144. The average molecular weight is 366 g/mol. The third kappa shape index (κ3) is 3.45. The summed E-state index contributed by atoms with van der Waals surface area (Å²) in [7, 11) is 1.26. The van der Waals surface area contributed by atoms with Crippen LogP contribution in [0.1, 0.15) is 17.0 Å². The second kappa shape index (κ2) is 6.55. The summed E-state index contributed by atoms with van der Waals surface area (Å²) in [6.45, 7) is 0.100. The van der Waals surface area contributed by atoms with E-state index in [1.165, 1.54) is 0 Å². The molecule has 7 heteroatoms. The van der Waals surface area contributed by atoms with Gasteiger partial charge >= 0.3 is 5.97 Å². The molecule has 0 aromatic heterocycles. The molecule has 0 amide bonds. The van der Waals surface area contributed by atoms with Gasteiger partial charge in [0, 0.05) is 16.6 Å². The highest BCUT2D eigenvalue weighted by atomic mass is 35.7. The van der Waals surface area contributed by atoms with Crippen LogP contribution in [0.3, 0.4) is 0 Å². The predicted molar refractivity (Wildman–Crippen MR) is 92.3 cm³/mol. The molecule has 2 aromatic carbocycles. The fourth-order valence-corrected chi connectivity index (χ4v) is 3.97. The molecule has 1 atom stereocenters. The summed E-state index contributed by atoms with van der Waals surface area (Å²) in [5.41, 5.74) is 9.91. The number of esters is 1. The van der Waals surface area contributed by atoms with Crippen molar-refractivity contribution in [2.45, 2.75) is 12.0 Å². The zero-order valence-electron chi connectivity index (χ0n) is 12.7. The van der Waals surface area contributed by atoms with Crippen molar-refractivity contribution in [3.8, 4) is 11.1 Å². The Hall–Kier alpha value is -1.89. The zero-order chi connectivity index (χ0) is 17.3. The molecule has 0 bridgehead atoms. The monoisotopic (exact) mass is 365 g/mol. The highest BCUT2D eigenvalue weighted by Gasteiger charge is 2.30. The minimum absolute atomic E-state index is 0.0961. The van der Waals surface area contributed by atoms with Crippen LogP contribution in [-0.4, -0.2) is 32.8 Å². The molecule has 0 aliphatic heterocycles. The molecule has 1 aliphatic rings. The van der Waals surface area contributed by atoms with Crippen LogP contribution in [0.25, 0.3) is 11.1 Å². The number of halogens is 1. The van der Waals surface area contributed by atoms with Crippen LogP contribution in [0.15, 0.2) is 48.5 Å². The van der Waals surface area contributed by atoms with Gasteiger partial charge in [0.2, 0.25) is 9.05 Å². The van der Waals surface area contributed by atoms with Gasteiger partial charge in [-0.05, 0) is 22.3 Å². The molecular formula is C17H16ClNO4S. The van der Waals surface area contributed by atoms with Gasteiger partial charge in [-0.2, -0.15) is 0 Å². The fraction of sp³-hybridized carbons (Fsp3) is 0.235. The van der Waals surface area contributed by atoms with Gasteiger partial charge in [-0.15, -0.1) is 0 Å². The summed E-state index contributed by atoms with van der Waals surface area (Å²) in [5.74, 6) is -1.52. The normalized spacial score (nSPS) is 14.8. The number of ether oxygens (including phenoxy) is 1. The van der Waals surface area contributed by atoms with Crippen LogP contribution in [0, 0.1) is 0 Å². The van der Waals surface area contributed by atoms with E-state index in [2.05, 4.69) is 0 Å². The van der Waals surface area contributed by atoms with Gasteiger partial charge in [0.05, 0.1) is 5.75 Å². The summed E-state index contributed by atoms with van der Waals surface area (Å²) < 4.78 is 27.3. The Balaban J connectivity index is 1.77. The lowest BCUT2D eigenvalue weighted by atomic mass is 9.98. The summed E-state index contributed by atoms with van der Waals surface area (Å²) in [6, 6.07) is 14.6. The Labute approximate surface area is 144 Å². The van der Waals surface area contributed by atoms with E-state index in [-0.39, 0.29) is 12.5 Å². The Morgan fingerprint density at radius 1 is 1.08 bits per heavy atom. The first-order chi connectivity index (χ1) is 11.4. The molecule has 0 saturated carbocycles. The third-order valence-corrected chi connectivity index (χ3v) is 5.17. The van der Waals surface area contributed by atoms with Crippen molar-refractivity contribution in [3.63, 3.8) is 0 Å². The Morgan fingerprint density at radius 3 is 2.08 bits per heavy atom. The number of rotatable bonds is 5. The summed E-state index contributed by atoms with van der Waals surface area (Å²) >= 11 is 0. The van der Waals surface area contributed by atoms with Gasteiger partial charge in [-0.1, -0.05) is 48.5 Å². The number of nitrogens with two attached hydrogens (primary N) is 1. The Morgan fingerprint density at radius 2 is 1.58 bits per heavy atom. The lowest BCUT2D eigenvalue weighted by Gasteiger charge is -2.16. The van der Waals surface area contributed by atoms with Crippen molar-refractivity contribution >= 4 is 25.7 Å². The average Bonchev–Trinajstić information content (AvgIpc) is 2.85. The molecule has 0 unspecified atom stereocenters. The van der Waals surface area contributed by atoms with Crippen molar-refractivity contribution in [2.75, 3.05) is 12.4 Å². The molecule has 24 heavy (non-hydrogen) atoms. The van der Waals surface area contributed by atoms with Crippen molar-refractivity contribution in [2.24, 2.45) is 5.73 Å². The smallest absolute Gasteiger partial charge is 0.324 e. The van der Waals surface area contributed by atoms with Crippen molar-refractivity contribution < 1.29 is 17.9 Å². The zero-order valence-corrected chi connectivity index (χ0v) is 14.3. The molecule has 0 saturated heterocycles. The SMILES string of the molecule is N[C@H](CS(=O)(=O)Cl)C(=O)OCC1c2ccccc2-c2ccccc21. The molecule has 2 aromatic rings. The number of hydrogen-bond donors (Lipinski definition) is 1. The highest BCUT2D eigenvalue weighted by Crippen LogP contribution is 2.44. The number of hydrogen-bond acceptors (Lipinski definition) is 5. The fourth-order valence-electron chi connectivity index (χ4n) is 2.99. The summed E-state index contributed by atoms with van der Waals surface area (Å²) in [6.07, 6.45) is 0. The largest absolute Gasteiger partial charge is 0.463 e. The van der Waals surface area contributed by atoms with E-state index >= 15 is 0 Å². The van der Waals surface area contributed by atoms with Crippen LogP contribution in [-0.2, 0) is 18.6 Å². The molecule has 1 aliphatic carbocycles. The Kier molecular flexibility index (Phi) is 4.62. The molecule has 3 rings (SSSR count). The van der Waals surface area contributed by atoms with Crippen LogP contribution in [0.5, 0.6) is 0 Å². The second-order valence-corrected chi connectivity index (χ2v) is 8.49. The number of carbonyl (C=O) groups is 1. The second-order valence-electron chi connectivity index (χ2n) is 5.67. The quantitative estimate of drug-likeness (QED) is 0.648. The lowest BCUT2D eigenvalue weighted by Crippen LogP contribution is -2.38. The standard InChI is InChI=1S/C17H16ClNO4S/c18-24(21,22)10-16(19)17(20)23-9-15-13-7-3-1-5-11(13)12-6-2-4-8-14(12)15/h1-8,15-16H,9-10,19H2/t16-/m1/s1. The van der Waals surface area contributed by atoms with Gasteiger partial charge < -0.3 is 10.5 Å². The van der Waals surface area contributed by atoms with E-state index in [4.69, 9.17) is 21.2 Å². The van der Waals surface area contributed by atoms with Crippen LogP contribution >= 0.6 is 10.7 Å². The van der Waals surface area contributed by atoms with Gasteiger partial charge in [0.15, 0.2) is 0 Å². The minimum Gasteiger partial charge on any atom is -0.463 e. The van der Waals surface area contributed by atoms with Gasteiger partial charge in [0.1, 0.15) is 12.6 Å². The molecule has 0 spiro atoms. The first-order valence-electron chi connectivity index (χ1n) is 7.39. The third-order valence-electron chi connectivity index (χ3n) is 4.04. The van der Waals surface area contributed by atoms with Gasteiger partial charge in [-0.3, -0.25) is 4.79 Å². The maximum absolute atomic E-state index is 11.9. The van der Waals surface area contributed by atoms with Crippen molar-refractivity contribution in [1.82, 2.24) is 0 Å². The molecule has 0 fully saturated rings. The minimum atomic E-state index is -3.86. The molecule has 2 N–H and O–H groups in total. The van der Waals surface area contributed by atoms with Crippen molar-refractivity contribution in [3.05, 3.63) is 59.7 Å². The van der Waals surface area contributed by atoms with Gasteiger partial charge in [-0.25, -0.2) is 8.42 Å². The molecular weight excluding hydrogens is 350 g/mol. The Bertz CT molecular complexity index is 836. The van der Waals surface area contributed by atoms with E-state index in [0.29, 0.717) is 0 Å². The van der Waals surface area contributed by atoms with Crippen molar-refractivity contribution in [1.29, 1.82) is 0 Å². The van der Waals surface area contributed by atoms with E-state index in [9.17, 15) is 13.2 Å². The maximum Gasteiger partial charge on any atom is 0.324 e. The van der Waals surface area contributed by atoms with Crippen LogP contribution in [0.4, 0.5) is 0 Å². The van der Waals surface area contributed by atoms with E-state index < -0.39 is 26.8 Å². The maximum atomic E-state index is 11.9.